The number of hydrogen-bond acceptors (Lipinski definition) is 2. The molecule has 0 saturated heterocycles. The summed E-state index contributed by atoms with van der Waals surface area (Å²) < 4.78 is 0. The van der Waals surface area contributed by atoms with E-state index in [0.717, 1.165) is 37.3 Å². The van der Waals surface area contributed by atoms with Crippen LogP contribution >= 0.6 is 0 Å². The van der Waals surface area contributed by atoms with E-state index in [-0.39, 0.29) is 17.6 Å². The molecule has 1 saturated carbocycles. The third-order valence-electron chi connectivity index (χ3n) is 3.95. The number of carbonyl (C=O) groups is 2. The summed E-state index contributed by atoms with van der Waals surface area (Å²) in [5.41, 5.74) is 1.44. The van der Waals surface area contributed by atoms with Crippen LogP contribution < -0.4 is 5.32 Å². The van der Waals surface area contributed by atoms with Crippen LogP contribution in [0.15, 0.2) is 24.3 Å². The predicted octanol–water partition coefficient (Wildman–Crippen LogP) is 3.65. The van der Waals surface area contributed by atoms with Gasteiger partial charge in [-0.1, -0.05) is 6.92 Å². The summed E-state index contributed by atoms with van der Waals surface area (Å²) in [4.78, 5) is 23.3. The largest absolute Gasteiger partial charge is 0.326 e. The molecular weight excluding hydrogens is 238 g/mol. The van der Waals surface area contributed by atoms with E-state index in [0.29, 0.717) is 5.56 Å². The molecule has 1 aliphatic carbocycles. The Kier molecular flexibility index (Phi) is 4.35. The van der Waals surface area contributed by atoms with Crippen LogP contribution in [0.25, 0.3) is 0 Å². The predicted molar refractivity (Wildman–Crippen MR) is 76.2 cm³/mol. The zero-order chi connectivity index (χ0) is 13.8. The highest BCUT2D eigenvalue weighted by molar-refractivity contribution is 5.96. The van der Waals surface area contributed by atoms with E-state index < -0.39 is 0 Å². The Morgan fingerprint density at radius 3 is 2.16 bits per heavy atom. The second-order valence-electron chi connectivity index (χ2n) is 5.58. The molecule has 0 spiro atoms. The summed E-state index contributed by atoms with van der Waals surface area (Å²) in [6, 6.07) is 7.09. The normalized spacial score (nSPS) is 22.8. The first kappa shape index (κ1) is 13.8. The van der Waals surface area contributed by atoms with E-state index >= 15 is 0 Å². The number of benzene rings is 1. The summed E-state index contributed by atoms with van der Waals surface area (Å²) in [6.07, 6.45) is 4.25. The Morgan fingerprint density at radius 2 is 1.63 bits per heavy atom. The van der Waals surface area contributed by atoms with Gasteiger partial charge in [0, 0.05) is 17.2 Å². The molecule has 1 aromatic rings. The molecule has 0 aromatic heterocycles. The Bertz CT molecular complexity index is 456. The molecule has 0 bridgehead atoms. The highest BCUT2D eigenvalue weighted by Gasteiger charge is 2.24. The van der Waals surface area contributed by atoms with Gasteiger partial charge in [0.05, 0.1) is 0 Å². The van der Waals surface area contributed by atoms with Crippen molar-refractivity contribution in [1.29, 1.82) is 0 Å². The second-order valence-corrected chi connectivity index (χ2v) is 5.58. The van der Waals surface area contributed by atoms with Gasteiger partial charge in [-0.3, -0.25) is 9.59 Å². The van der Waals surface area contributed by atoms with Gasteiger partial charge in [-0.2, -0.15) is 0 Å². The number of anilines is 1. The SMILES string of the molecule is CC(=O)c1ccc(NC(=O)C2CCC(C)CC2)cc1. The van der Waals surface area contributed by atoms with Gasteiger partial charge < -0.3 is 5.32 Å². The molecule has 0 heterocycles. The van der Waals surface area contributed by atoms with Crippen molar-refractivity contribution in [3.63, 3.8) is 0 Å². The first-order valence-corrected chi connectivity index (χ1v) is 6.98. The van der Waals surface area contributed by atoms with Crippen LogP contribution in [0, 0.1) is 11.8 Å². The van der Waals surface area contributed by atoms with Gasteiger partial charge in [-0.15, -0.1) is 0 Å². The lowest BCUT2D eigenvalue weighted by molar-refractivity contribution is -0.121. The fourth-order valence-corrected chi connectivity index (χ4v) is 2.55. The van der Waals surface area contributed by atoms with Gasteiger partial charge in [0.15, 0.2) is 5.78 Å². The molecule has 102 valence electrons. The lowest BCUT2D eigenvalue weighted by atomic mass is 9.82. The minimum atomic E-state index is 0.0409. The molecule has 3 nitrogen and oxygen atoms in total. The third kappa shape index (κ3) is 3.66. The van der Waals surface area contributed by atoms with Crippen molar-refractivity contribution in [1.82, 2.24) is 0 Å². The minimum absolute atomic E-state index is 0.0409. The fraction of sp³-hybridized carbons (Fsp3) is 0.500. The van der Waals surface area contributed by atoms with Crippen molar-refractivity contribution < 1.29 is 9.59 Å². The Balaban J connectivity index is 1.93. The van der Waals surface area contributed by atoms with Gasteiger partial charge in [0.25, 0.3) is 0 Å². The zero-order valence-electron chi connectivity index (χ0n) is 11.6. The molecule has 2 rings (SSSR count). The van der Waals surface area contributed by atoms with Gasteiger partial charge in [-0.05, 0) is 62.8 Å². The van der Waals surface area contributed by atoms with Crippen molar-refractivity contribution in [2.45, 2.75) is 39.5 Å². The number of rotatable bonds is 3. The monoisotopic (exact) mass is 259 g/mol. The average Bonchev–Trinajstić information content (AvgIpc) is 2.40. The van der Waals surface area contributed by atoms with Crippen molar-refractivity contribution >= 4 is 17.4 Å². The maximum atomic E-state index is 12.1. The Hall–Kier alpha value is -1.64. The number of amides is 1. The summed E-state index contributed by atoms with van der Waals surface area (Å²) in [7, 11) is 0. The van der Waals surface area contributed by atoms with Crippen LogP contribution in [-0.4, -0.2) is 11.7 Å². The van der Waals surface area contributed by atoms with E-state index in [2.05, 4.69) is 12.2 Å². The number of Topliss-reactive ketones (excluding diaryl/α,β-unsaturated/α-hetero) is 1. The quantitative estimate of drug-likeness (QED) is 0.842. The molecule has 0 radical (unpaired) electrons. The molecule has 1 N–H and O–H groups in total. The van der Waals surface area contributed by atoms with E-state index in [1.807, 2.05) is 0 Å². The van der Waals surface area contributed by atoms with Gasteiger partial charge >= 0.3 is 0 Å². The van der Waals surface area contributed by atoms with Crippen LogP contribution in [0.5, 0.6) is 0 Å². The first-order valence-electron chi connectivity index (χ1n) is 6.98. The second kappa shape index (κ2) is 6.00. The number of ketones is 1. The summed E-state index contributed by atoms with van der Waals surface area (Å²) in [6.45, 7) is 3.78. The summed E-state index contributed by atoms with van der Waals surface area (Å²) in [5.74, 6) is 1.05. The van der Waals surface area contributed by atoms with E-state index in [9.17, 15) is 9.59 Å². The van der Waals surface area contributed by atoms with Crippen molar-refractivity contribution in [2.75, 3.05) is 5.32 Å². The van der Waals surface area contributed by atoms with E-state index in [1.54, 1.807) is 24.3 Å². The Morgan fingerprint density at radius 1 is 1.05 bits per heavy atom. The maximum absolute atomic E-state index is 12.1. The highest BCUT2D eigenvalue weighted by Crippen LogP contribution is 2.29. The van der Waals surface area contributed by atoms with E-state index in [4.69, 9.17) is 0 Å². The average molecular weight is 259 g/mol. The maximum Gasteiger partial charge on any atom is 0.227 e. The molecule has 19 heavy (non-hydrogen) atoms. The summed E-state index contributed by atoms with van der Waals surface area (Å²) in [5, 5.41) is 2.94. The fourth-order valence-electron chi connectivity index (χ4n) is 2.55. The Labute approximate surface area is 114 Å². The van der Waals surface area contributed by atoms with Crippen molar-refractivity contribution in [2.24, 2.45) is 11.8 Å². The highest BCUT2D eigenvalue weighted by atomic mass is 16.2. The van der Waals surface area contributed by atoms with Gasteiger partial charge in [-0.25, -0.2) is 0 Å². The topological polar surface area (TPSA) is 46.2 Å². The third-order valence-corrected chi connectivity index (χ3v) is 3.95. The molecule has 1 aromatic carbocycles. The van der Waals surface area contributed by atoms with Crippen LogP contribution in [-0.2, 0) is 4.79 Å². The van der Waals surface area contributed by atoms with Crippen molar-refractivity contribution in [3.05, 3.63) is 29.8 Å². The standard InChI is InChI=1S/C16H21NO2/c1-11-3-5-14(6-4-11)16(19)17-15-9-7-13(8-10-15)12(2)18/h7-11,14H,3-6H2,1-2H3,(H,17,19). The van der Waals surface area contributed by atoms with Crippen LogP contribution in [0.2, 0.25) is 0 Å². The van der Waals surface area contributed by atoms with Gasteiger partial charge in [0.1, 0.15) is 0 Å². The number of hydrogen-bond donors (Lipinski definition) is 1. The lowest BCUT2D eigenvalue weighted by Gasteiger charge is -2.25. The minimum Gasteiger partial charge on any atom is -0.326 e. The first-order chi connectivity index (χ1) is 9.06. The molecule has 0 unspecified atom stereocenters. The molecule has 1 fully saturated rings. The van der Waals surface area contributed by atoms with Crippen LogP contribution in [0.1, 0.15) is 49.9 Å². The van der Waals surface area contributed by atoms with Crippen molar-refractivity contribution in [3.8, 4) is 0 Å². The lowest BCUT2D eigenvalue weighted by Crippen LogP contribution is -2.26. The molecule has 0 aliphatic heterocycles. The summed E-state index contributed by atoms with van der Waals surface area (Å²) >= 11 is 0. The molecular formula is C16H21NO2. The van der Waals surface area contributed by atoms with Crippen LogP contribution in [0.4, 0.5) is 5.69 Å². The number of nitrogens with one attached hydrogen (secondary N) is 1. The molecule has 1 aliphatic rings. The molecule has 3 heteroatoms. The molecule has 0 atom stereocenters. The smallest absolute Gasteiger partial charge is 0.227 e. The van der Waals surface area contributed by atoms with E-state index in [1.165, 1.54) is 6.92 Å². The molecule has 1 amide bonds. The van der Waals surface area contributed by atoms with Gasteiger partial charge in [0.2, 0.25) is 5.91 Å². The van der Waals surface area contributed by atoms with Crippen LogP contribution in [0.3, 0.4) is 0 Å². The number of carbonyl (C=O) groups excluding carboxylic acids is 2. The zero-order valence-corrected chi connectivity index (χ0v) is 11.6.